The molecular weight excluding hydrogens is 428 g/mol. The zero-order valence-electron chi connectivity index (χ0n) is 11.3. The lowest BCUT2D eigenvalue weighted by Gasteiger charge is -2.38. The summed E-state index contributed by atoms with van der Waals surface area (Å²) in [5, 5.41) is 0. The Morgan fingerprint density at radius 3 is 1.27 bits per heavy atom. The number of alkyl halides is 16. The highest BCUT2D eigenvalue weighted by Gasteiger charge is 2.78. The second-order valence-electron chi connectivity index (χ2n) is 4.58. The zero-order chi connectivity index (χ0) is 21.6. The van der Waals surface area contributed by atoms with E-state index in [-0.39, 0.29) is 0 Å². The van der Waals surface area contributed by atoms with Crippen molar-refractivity contribution in [2.45, 2.75) is 55.2 Å². The molecule has 0 aromatic heterocycles. The van der Waals surface area contributed by atoms with Crippen molar-refractivity contribution in [1.82, 2.24) is 0 Å². The summed E-state index contributed by atoms with van der Waals surface area (Å²) in [5.74, 6) is -14.1. The molecule has 0 bridgehead atoms. The second kappa shape index (κ2) is 6.78. The fraction of sp³-hybridized carbons (Fsp3) is 1.00. The number of hydrogen-bond donors (Lipinski definition) is 0. The van der Waals surface area contributed by atoms with Crippen molar-refractivity contribution < 1.29 is 75.0 Å². The first-order chi connectivity index (χ1) is 11.0. The van der Waals surface area contributed by atoms with Gasteiger partial charge in [0.05, 0.1) is 6.42 Å². The lowest BCUT2D eigenvalue weighted by atomic mass is 10.0. The third kappa shape index (κ3) is 5.18. The normalized spacial score (nSPS) is 19.8. The number of halogens is 16. The first-order valence-corrected chi connectivity index (χ1v) is 5.62. The molecule has 0 saturated carbocycles. The topological polar surface area (TPSA) is 9.23 Å². The van der Waals surface area contributed by atoms with Crippen LogP contribution in [-0.2, 0) is 4.74 Å². The van der Waals surface area contributed by atoms with Gasteiger partial charge < -0.3 is 0 Å². The molecule has 0 amide bonds. The fourth-order valence-corrected chi connectivity index (χ4v) is 1.24. The summed E-state index contributed by atoms with van der Waals surface area (Å²) < 4.78 is 199. The number of hydrogen-bond acceptors (Lipinski definition) is 1. The molecule has 0 fully saturated rings. The highest BCUT2D eigenvalue weighted by atomic mass is 19.4. The quantitative estimate of drug-likeness (QED) is 0.493. The van der Waals surface area contributed by atoms with E-state index < -0.39 is 55.2 Å². The van der Waals surface area contributed by atoms with E-state index in [0.29, 0.717) is 0 Å². The van der Waals surface area contributed by atoms with Crippen LogP contribution in [0.15, 0.2) is 0 Å². The minimum atomic E-state index is -7.42. The highest BCUT2D eigenvalue weighted by Crippen LogP contribution is 2.53. The largest absolute Gasteiger partial charge is 0.455 e. The third-order valence-electron chi connectivity index (χ3n) is 2.48. The van der Waals surface area contributed by atoms with E-state index in [0.717, 1.165) is 0 Å². The van der Waals surface area contributed by atoms with Crippen LogP contribution in [0.1, 0.15) is 6.42 Å². The molecule has 0 heterocycles. The van der Waals surface area contributed by atoms with Crippen molar-refractivity contribution in [2.75, 3.05) is 0 Å². The summed E-state index contributed by atoms with van der Waals surface area (Å²) in [4.78, 5) is 0. The average Bonchev–Trinajstić information content (AvgIpc) is 2.32. The monoisotopic (exact) mass is 432 g/mol. The summed E-state index contributed by atoms with van der Waals surface area (Å²) in [7, 11) is 0. The average molecular weight is 432 g/mol. The van der Waals surface area contributed by atoms with Gasteiger partial charge >= 0.3 is 36.4 Å². The fourth-order valence-electron chi connectivity index (χ4n) is 1.24. The molecule has 3 atom stereocenters. The van der Waals surface area contributed by atoms with Crippen LogP contribution < -0.4 is 0 Å². The molecule has 0 aliphatic heterocycles. The van der Waals surface area contributed by atoms with E-state index in [1.165, 1.54) is 0 Å². The summed E-state index contributed by atoms with van der Waals surface area (Å²) in [5.41, 5.74) is 0. The van der Waals surface area contributed by atoms with Crippen molar-refractivity contribution in [2.24, 2.45) is 0 Å². The summed E-state index contributed by atoms with van der Waals surface area (Å²) >= 11 is 0. The van der Waals surface area contributed by atoms with Crippen LogP contribution >= 0.6 is 0 Å². The SMILES string of the molecule is FC(CC(F)(F)C(F)(OC(F)(F)C(F)C(F)(F)F)C(F)(F)F)C(F)(F)F. The Morgan fingerprint density at radius 1 is 0.615 bits per heavy atom. The summed E-state index contributed by atoms with van der Waals surface area (Å²) in [6, 6.07) is 0. The Hall–Kier alpha value is -1.16. The van der Waals surface area contributed by atoms with E-state index in [9.17, 15) is 70.2 Å². The molecule has 0 N–H and O–H groups in total. The van der Waals surface area contributed by atoms with Gasteiger partial charge in [-0.1, -0.05) is 0 Å². The second-order valence-corrected chi connectivity index (χ2v) is 4.58. The summed E-state index contributed by atoms with van der Waals surface area (Å²) in [6.45, 7) is 0. The van der Waals surface area contributed by atoms with Gasteiger partial charge in [0.15, 0.2) is 0 Å². The lowest BCUT2D eigenvalue weighted by molar-refractivity contribution is -0.478. The Morgan fingerprint density at radius 2 is 1.00 bits per heavy atom. The smallest absolute Gasteiger partial charge is 0.267 e. The molecule has 1 nitrogen and oxygen atoms in total. The Bertz CT molecular complexity index is 474. The third-order valence-corrected chi connectivity index (χ3v) is 2.48. The van der Waals surface area contributed by atoms with Crippen LogP contribution in [0.2, 0.25) is 0 Å². The van der Waals surface area contributed by atoms with Gasteiger partial charge in [-0.15, -0.1) is 0 Å². The molecule has 0 aliphatic carbocycles. The van der Waals surface area contributed by atoms with Gasteiger partial charge in [0.1, 0.15) is 0 Å². The van der Waals surface area contributed by atoms with Gasteiger partial charge in [-0.25, -0.2) is 8.78 Å². The summed E-state index contributed by atoms with van der Waals surface area (Å²) in [6.07, 6.45) is -41.9. The van der Waals surface area contributed by atoms with Crippen molar-refractivity contribution >= 4 is 0 Å². The lowest BCUT2D eigenvalue weighted by Crippen LogP contribution is -2.63. The van der Waals surface area contributed by atoms with E-state index in [2.05, 4.69) is 0 Å². The van der Waals surface area contributed by atoms with Crippen molar-refractivity contribution in [3.05, 3.63) is 0 Å². The molecule has 0 aromatic rings. The maximum absolute atomic E-state index is 13.4. The van der Waals surface area contributed by atoms with E-state index >= 15 is 0 Å². The molecule has 158 valence electrons. The molecule has 3 unspecified atom stereocenters. The standard InChI is InChI=1S/C9H4F16O/c10-2(5(14,15)16)1-4(12,13)8(22,9(23,24)25)26-7(20,21)3(11)6(17,18)19/h2-3H,1H2. The van der Waals surface area contributed by atoms with E-state index in [1.54, 1.807) is 4.74 Å². The Labute approximate surface area is 131 Å². The van der Waals surface area contributed by atoms with Crippen LogP contribution in [0, 0.1) is 0 Å². The minimum Gasteiger partial charge on any atom is -0.267 e. The number of rotatable bonds is 6. The van der Waals surface area contributed by atoms with Crippen molar-refractivity contribution in [3.8, 4) is 0 Å². The molecule has 0 aliphatic rings. The minimum absolute atomic E-state index is 1.65. The van der Waals surface area contributed by atoms with Crippen LogP contribution in [0.5, 0.6) is 0 Å². The number of ether oxygens (including phenoxy) is 1. The molecular formula is C9H4F16O. The first kappa shape index (κ1) is 24.8. The van der Waals surface area contributed by atoms with Gasteiger partial charge in [-0.2, -0.15) is 61.5 Å². The molecule has 0 spiro atoms. The van der Waals surface area contributed by atoms with Crippen LogP contribution in [0.3, 0.4) is 0 Å². The van der Waals surface area contributed by atoms with Gasteiger partial charge in [0, 0.05) is 0 Å². The predicted molar refractivity (Wildman–Crippen MR) is 47.4 cm³/mol. The van der Waals surface area contributed by atoms with Crippen LogP contribution in [-0.4, -0.2) is 48.8 Å². The first-order valence-electron chi connectivity index (χ1n) is 5.62. The molecule has 0 radical (unpaired) electrons. The Balaban J connectivity index is 6.01. The van der Waals surface area contributed by atoms with Crippen LogP contribution in [0.25, 0.3) is 0 Å². The van der Waals surface area contributed by atoms with Gasteiger partial charge in [0.2, 0.25) is 6.17 Å². The van der Waals surface area contributed by atoms with Gasteiger partial charge in [0.25, 0.3) is 6.17 Å². The van der Waals surface area contributed by atoms with Gasteiger partial charge in [-0.3, -0.25) is 4.74 Å². The molecule has 0 rings (SSSR count). The van der Waals surface area contributed by atoms with E-state index in [4.69, 9.17) is 0 Å². The van der Waals surface area contributed by atoms with Crippen LogP contribution in [0.4, 0.5) is 70.2 Å². The molecule has 0 saturated heterocycles. The highest BCUT2D eigenvalue weighted by molar-refractivity contribution is 4.96. The van der Waals surface area contributed by atoms with E-state index in [1.807, 2.05) is 0 Å². The maximum Gasteiger partial charge on any atom is 0.455 e. The van der Waals surface area contributed by atoms with Crippen molar-refractivity contribution in [3.63, 3.8) is 0 Å². The Kier molecular flexibility index (Phi) is 6.47. The zero-order valence-corrected chi connectivity index (χ0v) is 11.3. The van der Waals surface area contributed by atoms with Gasteiger partial charge in [-0.05, 0) is 0 Å². The molecule has 26 heavy (non-hydrogen) atoms. The molecule has 0 aromatic carbocycles. The molecule has 17 heteroatoms. The van der Waals surface area contributed by atoms with Crippen molar-refractivity contribution in [1.29, 1.82) is 0 Å². The maximum atomic E-state index is 13.4. The predicted octanol–water partition coefficient (Wildman–Crippen LogP) is 5.65.